The molecule has 2 aromatic carbocycles. The molecule has 0 amide bonds. The minimum absolute atomic E-state index is 0.238. The Labute approximate surface area is 132 Å². The molecule has 1 N–H and O–H groups in total. The zero-order valence-electron chi connectivity index (χ0n) is 11.8. The number of benzene rings is 2. The van der Waals surface area contributed by atoms with Crippen molar-refractivity contribution in [1.29, 1.82) is 0 Å². The van der Waals surface area contributed by atoms with E-state index in [1.807, 2.05) is 6.92 Å². The van der Waals surface area contributed by atoms with Crippen molar-refractivity contribution in [2.75, 3.05) is 11.9 Å². The van der Waals surface area contributed by atoms with Crippen LogP contribution in [0.2, 0.25) is 0 Å². The molecule has 0 aromatic heterocycles. The van der Waals surface area contributed by atoms with E-state index in [4.69, 9.17) is 4.74 Å². The lowest BCUT2D eigenvalue weighted by Gasteiger charge is -2.18. The zero-order valence-corrected chi connectivity index (χ0v) is 13.4. The van der Waals surface area contributed by atoms with Crippen molar-refractivity contribution in [2.24, 2.45) is 0 Å². The maximum Gasteiger partial charge on any atom is 0.145 e. The van der Waals surface area contributed by atoms with Gasteiger partial charge in [0.15, 0.2) is 0 Å². The highest BCUT2D eigenvalue weighted by Gasteiger charge is 2.24. The van der Waals surface area contributed by atoms with Crippen molar-refractivity contribution >= 4 is 21.6 Å². The monoisotopic (exact) mass is 349 g/mol. The summed E-state index contributed by atoms with van der Waals surface area (Å²) in [6, 6.07) is 11.2. The van der Waals surface area contributed by atoms with Gasteiger partial charge < -0.3 is 10.1 Å². The van der Waals surface area contributed by atoms with Crippen molar-refractivity contribution in [3.63, 3.8) is 0 Å². The number of ether oxygens (including phenoxy) is 1. The molecule has 0 saturated carbocycles. The van der Waals surface area contributed by atoms with Gasteiger partial charge in [0.25, 0.3) is 0 Å². The largest absolute Gasteiger partial charge is 0.492 e. The van der Waals surface area contributed by atoms with Gasteiger partial charge in [-0.2, -0.15) is 0 Å². The summed E-state index contributed by atoms with van der Waals surface area (Å²) in [5, 5.41) is 3.49. The Kier molecular flexibility index (Phi) is 4.15. The molecule has 0 saturated heterocycles. The van der Waals surface area contributed by atoms with Crippen molar-refractivity contribution in [1.82, 2.24) is 0 Å². The van der Waals surface area contributed by atoms with Crippen LogP contribution in [0.3, 0.4) is 0 Å². The van der Waals surface area contributed by atoms with Gasteiger partial charge in [-0.05, 0) is 49.1 Å². The maximum atomic E-state index is 13.4. The van der Waals surface area contributed by atoms with E-state index in [0.717, 1.165) is 23.0 Å². The molecule has 2 nitrogen and oxygen atoms in total. The van der Waals surface area contributed by atoms with Gasteiger partial charge in [0.1, 0.15) is 11.6 Å². The molecule has 1 aliphatic rings. The summed E-state index contributed by atoms with van der Waals surface area (Å²) >= 11 is 3.61. The van der Waals surface area contributed by atoms with Gasteiger partial charge >= 0.3 is 0 Å². The third-order valence-corrected chi connectivity index (χ3v) is 4.53. The van der Waals surface area contributed by atoms with Crippen LogP contribution in [0.25, 0.3) is 0 Å². The molecule has 4 heteroatoms. The molecule has 1 atom stereocenters. The molecule has 21 heavy (non-hydrogen) atoms. The van der Waals surface area contributed by atoms with Crippen LogP contribution >= 0.6 is 15.9 Å². The SMILES string of the molecule is CCOc1cc(F)ccc1NC1CCc2c(Br)cccc21. The summed E-state index contributed by atoms with van der Waals surface area (Å²) in [6.45, 7) is 2.42. The van der Waals surface area contributed by atoms with E-state index in [0.29, 0.717) is 12.4 Å². The Bertz CT molecular complexity index is 659. The summed E-state index contributed by atoms with van der Waals surface area (Å²) in [7, 11) is 0. The first-order valence-corrected chi connectivity index (χ1v) is 7.94. The molecule has 0 aliphatic heterocycles. The Hall–Kier alpha value is -1.55. The second kappa shape index (κ2) is 6.06. The Morgan fingerprint density at radius 2 is 2.19 bits per heavy atom. The fourth-order valence-electron chi connectivity index (χ4n) is 2.84. The van der Waals surface area contributed by atoms with Crippen LogP contribution in [0, 0.1) is 5.82 Å². The van der Waals surface area contributed by atoms with Crippen LogP contribution in [0.4, 0.5) is 10.1 Å². The summed E-state index contributed by atoms with van der Waals surface area (Å²) in [5.74, 6) is 0.291. The molecule has 0 spiro atoms. The number of anilines is 1. The van der Waals surface area contributed by atoms with Crippen molar-refractivity contribution < 1.29 is 9.13 Å². The molecule has 0 bridgehead atoms. The molecular formula is C17H17BrFNO. The molecule has 2 aromatic rings. The van der Waals surface area contributed by atoms with Crippen molar-refractivity contribution in [2.45, 2.75) is 25.8 Å². The first-order chi connectivity index (χ1) is 10.2. The lowest BCUT2D eigenvalue weighted by atomic mass is 10.1. The van der Waals surface area contributed by atoms with Crippen LogP contribution in [0.5, 0.6) is 5.75 Å². The fourth-order valence-corrected chi connectivity index (χ4v) is 3.42. The minimum Gasteiger partial charge on any atom is -0.492 e. The highest BCUT2D eigenvalue weighted by molar-refractivity contribution is 9.10. The second-order valence-corrected chi connectivity index (χ2v) is 5.97. The predicted octanol–water partition coefficient (Wildman–Crippen LogP) is 5.09. The van der Waals surface area contributed by atoms with Gasteiger partial charge in [-0.1, -0.05) is 28.1 Å². The van der Waals surface area contributed by atoms with E-state index in [1.165, 1.54) is 23.3 Å². The third kappa shape index (κ3) is 2.91. The lowest BCUT2D eigenvalue weighted by molar-refractivity contribution is 0.339. The van der Waals surface area contributed by atoms with E-state index in [-0.39, 0.29) is 11.9 Å². The molecule has 3 rings (SSSR count). The number of nitrogens with one attached hydrogen (secondary N) is 1. The van der Waals surface area contributed by atoms with Crippen LogP contribution in [0.15, 0.2) is 40.9 Å². The van der Waals surface area contributed by atoms with Gasteiger partial charge in [-0.3, -0.25) is 0 Å². The van der Waals surface area contributed by atoms with Gasteiger partial charge in [0.2, 0.25) is 0 Å². The molecule has 0 radical (unpaired) electrons. The molecule has 0 heterocycles. The number of hydrogen-bond acceptors (Lipinski definition) is 2. The smallest absolute Gasteiger partial charge is 0.145 e. The van der Waals surface area contributed by atoms with Gasteiger partial charge in [-0.25, -0.2) is 4.39 Å². The van der Waals surface area contributed by atoms with E-state index >= 15 is 0 Å². The summed E-state index contributed by atoms with van der Waals surface area (Å²) in [6.07, 6.45) is 2.07. The Morgan fingerprint density at radius 1 is 1.33 bits per heavy atom. The molecule has 1 unspecified atom stereocenters. The highest BCUT2D eigenvalue weighted by atomic mass is 79.9. The first kappa shape index (κ1) is 14.4. The Morgan fingerprint density at radius 3 is 3.00 bits per heavy atom. The van der Waals surface area contributed by atoms with Crippen LogP contribution in [0.1, 0.15) is 30.5 Å². The van der Waals surface area contributed by atoms with Gasteiger partial charge in [0, 0.05) is 10.5 Å². The Balaban J connectivity index is 1.88. The highest BCUT2D eigenvalue weighted by Crippen LogP contribution is 2.39. The number of fused-ring (bicyclic) bond motifs is 1. The van der Waals surface area contributed by atoms with E-state index in [1.54, 1.807) is 6.07 Å². The molecule has 110 valence electrons. The normalized spacial score (nSPS) is 16.6. The van der Waals surface area contributed by atoms with Gasteiger partial charge in [0.05, 0.1) is 18.3 Å². The first-order valence-electron chi connectivity index (χ1n) is 7.15. The van der Waals surface area contributed by atoms with E-state index in [2.05, 4.69) is 39.4 Å². The van der Waals surface area contributed by atoms with E-state index in [9.17, 15) is 4.39 Å². The topological polar surface area (TPSA) is 21.3 Å². The number of rotatable bonds is 4. The second-order valence-electron chi connectivity index (χ2n) is 5.12. The minimum atomic E-state index is -0.279. The third-order valence-electron chi connectivity index (χ3n) is 3.79. The molecule has 1 aliphatic carbocycles. The van der Waals surface area contributed by atoms with Gasteiger partial charge in [-0.15, -0.1) is 0 Å². The summed E-state index contributed by atoms with van der Waals surface area (Å²) in [5.41, 5.74) is 3.50. The zero-order chi connectivity index (χ0) is 14.8. The van der Waals surface area contributed by atoms with Crippen molar-refractivity contribution in [3.8, 4) is 5.75 Å². The number of halogens is 2. The average Bonchev–Trinajstić information content (AvgIpc) is 2.87. The van der Waals surface area contributed by atoms with Crippen LogP contribution in [-0.2, 0) is 6.42 Å². The van der Waals surface area contributed by atoms with E-state index < -0.39 is 0 Å². The molecule has 0 fully saturated rings. The van der Waals surface area contributed by atoms with Crippen LogP contribution < -0.4 is 10.1 Å². The van der Waals surface area contributed by atoms with Crippen LogP contribution in [-0.4, -0.2) is 6.61 Å². The average molecular weight is 350 g/mol. The summed E-state index contributed by atoms with van der Waals surface area (Å²) in [4.78, 5) is 0. The fraction of sp³-hybridized carbons (Fsp3) is 0.294. The lowest BCUT2D eigenvalue weighted by Crippen LogP contribution is -2.09. The quantitative estimate of drug-likeness (QED) is 0.830. The maximum absolute atomic E-state index is 13.4. The molecular weight excluding hydrogens is 333 g/mol. The standard InChI is InChI=1S/C17H17BrFNO/c1-2-21-17-10-11(19)6-8-16(17)20-15-9-7-12-13(15)4-3-5-14(12)18/h3-6,8,10,15,20H,2,7,9H2,1H3. The summed E-state index contributed by atoms with van der Waals surface area (Å²) < 4.78 is 20.1. The predicted molar refractivity (Wildman–Crippen MR) is 86.4 cm³/mol. The number of hydrogen-bond donors (Lipinski definition) is 1. The van der Waals surface area contributed by atoms with Crippen molar-refractivity contribution in [3.05, 3.63) is 57.8 Å².